The van der Waals surface area contributed by atoms with Crippen molar-refractivity contribution in [2.45, 2.75) is 0 Å². The van der Waals surface area contributed by atoms with E-state index in [-0.39, 0.29) is 16.9 Å². The van der Waals surface area contributed by atoms with E-state index in [1.54, 1.807) is 0 Å². The number of nitrogens with one attached hydrogen (secondary N) is 1. The molecule has 4 N–H and O–H groups in total. The maximum absolute atomic E-state index is 11.9. The molecule has 0 aliphatic rings. The molecule has 6 heteroatoms. The van der Waals surface area contributed by atoms with E-state index in [4.69, 9.17) is 5.11 Å². The van der Waals surface area contributed by atoms with Gasteiger partial charge in [-0.05, 0) is 36.4 Å². The normalized spacial score (nSPS) is 10.0. The monoisotopic (exact) mass is 273 g/mol. The summed E-state index contributed by atoms with van der Waals surface area (Å²) in [5.41, 5.74) is 0.401. The number of benzene rings is 2. The van der Waals surface area contributed by atoms with E-state index < -0.39 is 17.6 Å². The Morgan fingerprint density at radius 1 is 0.950 bits per heavy atom. The van der Waals surface area contributed by atoms with E-state index in [9.17, 15) is 19.8 Å². The van der Waals surface area contributed by atoms with Crippen molar-refractivity contribution in [2.75, 3.05) is 5.32 Å². The molecule has 0 bridgehead atoms. The zero-order valence-corrected chi connectivity index (χ0v) is 10.2. The number of carbonyl (C=O) groups excluding carboxylic acids is 1. The third-order valence-corrected chi connectivity index (χ3v) is 2.65. The van der Waals surface area contributed by atoms with E-state index in [0.29, 0.717) is 5.69 Å². The number of para-hydroxylation sites is 1. The highest BCUT2D eigenvalue weighted by Gasteiger charge is 2.14. The molecule has 0 heterocycles. The highest BCUT2D eigenvalue weighted by molar-refractivity contribution is 6.06. The van der Waals surface area contributed by atoms with Crippen LogP contribution in [0.25, 0.3) is 0 Å². The molecule has 0 aliphatic carbocycles. The Balaban J connectivity index is 2.19. The van der Waals surface area contributed by atoms with E-state index in [2.05, 4.69) is 5.32 Å². The predicted molar refractivity (Wildman–Crippen MR) is 71.1 cm³/mol. The number of phenols is 2. The summed E-state index contributed by atoms with van der Waals surface area (Å²) < 4.78 is 0. The molecule has 6 nitrogen and oxygen atoms in total. The molecule has 20 heavy (non-hydrogen) atoms. The summed E-state index contributed by atoms with van der Waals surface area (Å²) in [5.74, 6) is -2.57. The summed E-state index contributed by atoms with van der Waals surface area (Å²) in [7, 11) is 0. The maximum atomic E-state index is 11.9. The van der Waals surface area contributed by atoms with Gasteiger partial charge in [0.25, 0.3) is 5.91 Å². The van der Waals surface area contributed by atoms with Crippen molar-refractivity contribution in [3.8, 4) is 11.5 Å². The zero-order chi connectivity index (χ0) is 14.7. The van der Waals surface area contributed by atoms with Crippen LogP contribution in [0.5, 0.6) is 11.5 Å². The van der Waals surface area contributed by atoms with Crippen molar-refractivity contribution in [3.05, 3.63) is 53.6 Å². The van der Waals surface area contributed by atoms with Gasteiger partial charge >= 0.3 is 5.97 Å². The second-order valence-electron chi connectivity index (χ2n) is 4.01. The lowest BCUT2D eigenvalue weighted by Crippen LogP contribution is -2.12. The minimum atomic E-state index is -1.06. The Morgan fingerprint density at radius 2 is 1.60 bits per heavy atom. The molecule has 2 aromatic rings. The second-order valence-corrected chi connectivity index (χ2v) is 4.01. The first-order valence-electron chi connectivity index (χ1n) is 5.64. The van der Waals surface area contributed by atoms with Gasteiger partial charge < -0.3 is 20.6 Å². The highest BCUT2D eigenvalue weighted by atomic mass is 16.4. The number of carboxylic acids is 1. The predicted octanol–water partition coefficient (Wildman–Crippen LogP) is 2.05. The molecule has 0 spiro atoms. The van der Waals surface area contributed by atoms with Gasteiger partial charge in [-0.3, -0.25) is 4.79 Å². The molecule has 2 aromatic carbocycles. The first kappa shape index (κ1) is 13.4. The molecule has 0 atom stereocenters. The van der Waals surface area contributed by atoms with Crippen LogP contribution in [0.4, 0.5) is 5.69 Å². The number of aromatic carboxylic acids is 1. The first-order valence-corrected chi connectivity index (χ1v) is 5.64. The number of hydrogen-bond donors (Lipinski definition) is 4. The van der Waals surface area contributed by atoms with Gasteiger partial charge in [-0.2, -0.15) is 0 Å². The maximum Gasteiger partial charge on any atom is 0.335 e. The molecule has 0 aromatic heterocycles. The summed E-state index contributed by atoms with van der Waals surface area (Å²) in [5, 5.41) is 30.1. The Labute approximate surface area is 113 Å². The van der Waals surface area contributed by atoms with Crippen LogP contribution in [0.15, 0.2) is 42.5 Å². The van der Waals surface area contributed by atoms with E-state index in [0.717, 1.165) is 0 Å². The minimum absolute atomic E-state index is 0.0766. The molecule has 0 fully saturated rings. The number of hydrogen-bond acceptors (Lipinski definition) is 4. The molecular weight excluding hydrogens is 262 g/mol. The van der Waals surface area contributed by atoms with Gasteiger partial charge in [-0.15, -0.1) is 0 Å². The fourth-order valence-corrected chi connectivity index (χ4v) is 1.61. The van der Waals surface area contributed by atoms with Gasteiger partial charge in [0.05, 0.1) is 11.1 Å². The summed E-state index contributed by atoms with van der Waals surface area (Å²) in [6.45, 7) is 0. The zero-order valence-electron chi connectivity index (χ0n) is 10.2. The van der Waals surface area contributed by atoms with Gasteiger partial charge in [0.15, 0.2) is 11.5 Å². The fraction of sp³-hybridized carbons (Fsp3) is 0. The number of rotatable bonds is 3. The summed E-state index contributed by atoms with van der Waals surface area (Å²) in [6, 6.07) is 9.60. The van der Waals surface area contributed by atoms with Crippen LogP contribution in [-0.2, 0) is 0 Å². The number of carbonyl (C=O) groups is 2. The molecule has 0 unspecified atom stereocenters. The molecule has 0 radical (unpaired) electrons. The fourth-order valence-electron chi connectivity index (χ4n) is 1.61. The van der Waals surface area contributed by atoms with Crippen molar-refractivity contribution < 1.29 is 24.9 Å². The third kappa shape index (κ3) is 2.69. The molecule has 0 aliphatic heterocycles. The number of carboxylic acid groups (broad SMARTS) is 1. The van der Waals surface area contributed by atoms with Crippen LogP contribution in [0.1, 0.15) is 20.7 Å². The highest BCUT2D eigenvalue weighted by Crippen LogP contribution is 2.28. The van der Waals surface area contributed by atoms with Crippen LogP contribution < -0.4 is 5.32 Å². The lowest BCUT2D eigenvalue weighted by Gasteiger charge is -2.07. The van der Waals surface area contributed by atoms with E-state index in [1.165, 1.54) is 42.5 Å². The van der Waals surface area contributed by atoms with Gasteiger partial charge in [0.2, 0.25) is 0 Å². The van der Waals surface area contributed by atoms with Gasteiger partial charge in [0.1, 0.15) is 0 Å². The lowest BCUT2D eigenvalue weighted by atomic mass is 10.1. The molecule has 2 rings (SSSR count). The van der Waals surface area contributed by atoms with Gasteiger partial charge in [-0.1, -0.05) is 6.07 Å². The largest absolute Gasteiger partial charge is 0.504 e. The quantitative estimate of drug-likeness (QED) is 0.640. The Kier molecular flexibility index (Phi) is 3.56. The number of amides is 1. The minimum Gasteiger partial charge on any atom is -0.504 e. The van der Waals surface area contributed by atoms with Crippen molar-refractivity contribution >= 4 is 17.6 Å². The van der Waals surface area contributed by atoms with Crippen molar-refractivity contribution in [1.82, 2.24) is 0 Å². The topological polar surface area (TPSA) is 107 Å². The summed E-state index contributed by atoms with van der Waals surface area (Å²) in [6.07, 6.45) is 0. The summed E-state index contributed by atoms with van der Waals surface area (Å²) in [4.78, 5) is 22.6. The third-order valence-electron chi connectivity index (χ3n) is 2.65. The molecule has 0 saturated heterocycles. The molecule has 102 valence electrons. The smallest absolute Gasteiger partial charge is 0.335 e. The van der Waals surface area contributed by atoms with Crippen LogP contribution in [-0.4, -0.2) is 27.2 Å². The SMILES string of the molecule is O=C(O)c1ccc(NC(=O)c2cccc(O)c2O)cc1. The number of aromatic hydroxyl groups is 2. The molecule has 0 saturated carbocycles. The van der Waals surface area contributed by atoms with Crippen molar-refractivity contribution in [1.29, 1.82) is 0 Å². The molecular formula is C14H11NO5. The Bertz CT molecular complexity index is 664. The average molecular weight is 273 g/mol. The van der Waals surface area contributed by atoms with Crippen molar-refractivity contribution in [3.63, 3.8) is 0 Å². The van der Waals surface area contributed by atoms with E-state index >= 15 is 0 Å². The average Bonchev–Trinajstić information content (AvgIpc) is 2.42. The van der Waals surface area contributed by atoms with Crippen molar-refractivity contribution in [2.24, 2.45) is 0 Å². The lowest BCUT2D eigenvalue weighted by molar-refractivity contribution is 0.0696. The number of anilines is 1. The first-order chi connectivity index (χ1) is 9.49. The van der Waals surface area contributed by atoms with Gasteiger partial charge in [-0.25, -0.2) is 4.79 Å². The number of phenolic OH excluding ortho intramolecular Hbond substituents is 2. The van der Waals surface area contributed by atoms with E-state index in [1.807, 2.05) is 0 Å². The Morgan fingerprint density at radius 3 is 2.20 bits per heavy atom. The second kappa shape index (κ2) is 5.31. The van der Waals surface area contributed by atoms with Gasteiger partial charge in [0, 0.05) is 5.69 Å². The van der Waals surface area contributed by atoms with Crippen LogP contribution in [0.2, 0.25) is 0 Å². The standard InChI is InChI=1S/C14H11NO5/c16-11-3-1-2-10(12(11)17)13(18)15-9-6-4-8(5-7-9)14(19)20/h1-7,16-17H,(H,15,18)(H,19,20). The van der Waals surface area contributed by atoms with Crippen LogP contribution >= 0.6 is 0 Å². The van der Waals surface area contributed by atoms with Crippen LogP contribution in [0, 0.1) is 0 Å². The molecule has 1 amide bonds. The summed E-state index contributed by atoms with van der Waals surface area (Å²) >= 11 is 0. The van der Waals surface area contributed by atoms with Crippen LogP contribution in [0.3, 0.4) is 0 Å². The Hall–Kier alpha value is -3.02.